The average molecular weight is 217 g/mol. The molecule has 0 bridgehead atoms. The number of esters is 1. The number of benzene rings is 1. The van der Waals surface area contributed by atoms with Crippen molar-refractivity contribution in [3.8, 4) is 0 Å². The topological polar surface area (TPSA) is 78.1 Å². The molecule has 1 aromatic heterocycles. The molecule has 0 aliphatic carbocycles. The van der Waals surface area contributed by atoms with Gasteiger partial charge in [-0.1, -0.05) is 24.3 Å². The van der Waals surface area contributed by atoms with E-state index in [0.29, 0.717) is 5.69 Å². The van der Waals surface area contributed by atoms with Crippen LogP contribution in [0.2, 0.25) is 0 Å². The van der Waals surface area contributed by atoms with Gasteiger partial charge in [-0.2, -0.15) is 10.2 Å². The standard InChI is InChI=1S/C11H11N3O2/c1-16-11(15)9(12)10-8-5-3-2-4-7(8)6-13-14-10/h2-6,9H,12H2,1H3. The van der Waals surface area contributed by atoms with Crippen LogP contribution < -0.4 is 5.73 Å². The molecule has 16 heavy (non-hydrogen) atoms. The zero-order valence-electron chi connectivity index (χ0n) is 8.75. The molecular formula is C11H11N3O2. The van der Waals surface area contributed by atoms with Crippen molar-refractivity contribution in [2.75, 3.05) is 7.11 Å². The van der Waals surface area contributed by atoms with Crippen molar-refractivity contribution >= 4 is 16.7 Å². The smallest absolute Gasteiger partial charge is 0.329 e. The van der Waals surface area contributed by atoms with Crippen LogP contribution in [0.15, 0.2) is 30.5 Å². The van der Waals surface area contributed by atoms with Crippen molar-refractivity contribution in [1.82, 2.24) is 10.2 Å². The Morgan fingerprint density at radius 3 is 2.94 bits per heavy atom. The Balaban J connectivity index is 2.56. The zero-order valence-corrected chi connectivity index (χ0v) is 8.75. The van der Waals surface area contributed by atoms with E-state index in [9.17, 15) is 4.79 Å². The molecule has 82 valence electrons. The third-order valence-electron chi connectivity index (χ3n) is 2.35. The number of ether oxygens (including phenoxy) is 1. The molecule has 1 atom stereocenters. The third kappa shape index (κ3) is 1.72. The summed E-state index contributed by atoms with van der Waals surface area (Å²) < 4.78 is 4.58. The van der Waals surface area contributed by atoms with Crippen LogP contribution in [0, 0.1) is 0 Å². The first kappa shape index (κ1) is 10.5. The average Bonchev–Trinajstić information content (AvgIpc) is 2.36. The Morgan fingerprint density at radius 2 is 2.19 bits per heavy atom. The number of hydrogen-bond donors (Lipinski definition) is 1. The van der Waals surface area contributed by atoms with Crippen molar-refractivity contribution in [3.63, 3.8) is 0 Å². The highest BCUT2D eigenvalue weighted by molar-refractivity contribution is 5.88. The fourth-order valence-electron chi connectivity index (χ4n) is 1.52. The summed E-state index contributed by atoms with van der Waals surface area (Å²) in [5, 5.41) is 9.42. The number of aromatic nitrogens is 2. The molecule has 2 rings (SSSR count). The van der Waals surface area contributed by atoms with Gasteiger partial charge in [0, 0.05) is 10.8 Å². The molecule has 0 saturated heterocycles. The maximum atomic E-state index is 11.3. The normalized spacial score (nSPS) is 12.4. The minimum Gasteiger partial charge on any atom is -0.468 e. The molecule has 0 saturated carbocycles. The molecule has 0 aliphatic rings. The molecule has 0 spiro atoms. The second-order valence-electron chi connectivity index (χ2n) is 3.32. The monoisotopic (exact) mass is 217 g/mol. The maximum Gasteiger partial charge on any atom is 0.329 e. The van der Waals surface area contributed by atoms with E-state index in [2.05, 4.69) is 14.9 Å². The Bertz CT molecular complexity index is 522. The van der Waals surface area contributed by atoms with Crippen LogP contribution in [0.4, 0.5) is 0 Å². The van der Waals surface area contributed by atoms with Gasteiger partial charge in [-0.15, -0.1) is 0 Å². The van der Waals surface area contributed by atoms with E-state index in [0.717, 1.165) is 10.8 Å². The molecule has 0 fully saturated rings. The molecular weight excluding hydrogens is 206 g/mol. The van der Waals surface area contributed by atoms with E-state index in [1.54, 1.807) is 6.20 Å². The van der Waals surface area contributed by atoms with E-state index < -0.39 is 12.0 Å². The largest absolute Gasteiger partial charge is 0.468 e. The molecule has 0 aliphatic heterocycles. The Kier molecular flexibility index (Phi) is 2.78. The van der Waals surface area contributed by atoms with Gasteiger partial charge in [-0.05, 0) is 0 Å². The number of rotatable bonds is 2. The van der Waals surface area contributed by atoms with Gasteiger partial charge in [0.15, 0.2) is 0 Å². The van der Waals surface area contributed by atoms with Gasteiger partial charge < -0.3 is 10.5 Å². The molecule has 1 unspecified atom stereocenters. The van der Waals surface area contributed by atoms with E-state index in [1.807, 2.05) is 24.3 Å². The van der Waals surface area contributed by atoms with Gasteiger partial charge >= 0.3 is 5.97 Å². The lowest BCUT2D eigenvalue weighted by molar-refractivity contribution is -0.142. The van der Waals surface area contributed by atoms with Crippen molar-refractivity contribution in [2.45, 2.75) is 6.04 Å². The minimum atomic E-state index is -0.899. The Hall–Kier alpha value is -2.01. The van der Waals surface area contributed by atoms with Gasteiger partial charge in [0.1, 0.15) is 6.04 Å². The van der Waals surface area contributed by atoms with Crippen LogP contribution in [0.25, 0.3) is 10.8 Å². The lowest BCUT2D eigenvalue weighted by Crippen LogP contribution is -2.24. The number of fused-ring (bicyclic) bond motifs is 1. The number of nitrogens with zero attached hydrogens (tertiary/aromatic N) is 2. The van der Waals surface area contributed by atoms with Crippen LogP contribution in [0.3, 0.4) is 0 Å². The lowest BCUT2D eigenvalue weighted by atomic mass is 10.1. The lowest BCUT2D eigenvalue weighted by Gasteiger charge is -2.10. The zero-order chi connectivity index (χ0) is 11.5. The Morgan fingerprint density at radius 1 is 1.44 bits per heavy atom. The number of carbonyl (C=O) groups is 1. The van der Waals surface area contributed by atoms with Gasteiger partial charge in [0.05, 0.1) is 19.0 Å². The number of hydrogen-bond acceptors (Lipinski definition) is 5. The molecule has 5 nitrogen and oxygen atoms in total. The predicted molar refractivity (Wildman–Crippen MR) is 58.5 cm³/mol. The van der Waals surface area contributed by atoms with Crippen molar-refractivity contribution in [2.24, 2.45) is 5.73 Å². The highest BCUT2D eigenvalue weighted by Crippen LogP contribution is 2.20. The van der Waals surface area contributed by atoms with Crippen molar-refractivity contribution in [3.05, 3.63) is 36.2 Å². The van der Waals surface area contributed by atoms with Crippen molar-refractivity contribution < 1.29 is 9.53 Å². The summed E-state index contributed by atoms with van der Waals surface area (Å²) in [4.78, 5) is 11.3. The van der Waals surface area contributed by atoms with E-state index in [-0.39, 0.29) is 0 Å². The first-order valence-corrected chi connectivity index (χ1v) is 4.78. The summed E-state index contributed by atoms with van der Waals surface area (Å²) in [6.07, 6.45) is 1.63. The van der Waals surface area contributed by atoms with Crippen LogP contribution >= 0.6 is 0 Å². The van der Waals surface area contributed by atoms with E-state index >= 15 is 0 Å². The highest BCUT2D eigenvalue weighted by atomic mass is 16.5. The second-order valence-corrected chi connectivity index (χ2v) is 3.32. The molecule has 1 aromatic carbocycles. The van der Waals surface area contributed by atoms with Gasteiger partial charge in [-0.25, -0.2) is 4.79 Å². The summed E-state index contributed by atoms with van der Waals surface area (Å²) in [5.41, 5.74) is 6.17. The highest BCUT2D eigenvalue weighted by Gasteiger charge is 2.20. The van der Waals surface area contributed by atoms with Gasteiger partial charge in [0.25, 0.3) is 0 Å². The molecule has 1 heterocycles. The summed E-state index contributed by atoms with van der Waals surface area (Å²) in [6, 6.07) is 6.58. The Labute approximate surface area is 92.2 Å². The van der Waals surface area contributed by atoms with E-state index in [4.69, 9.17) is 5.73 Å². The summed E-state index contributed by atoms with van der Waals surface area (Å²) >= 11 is 0. The van der Waals surface area contributed by atoms with Crippen molar-refractivity contribution in [1.29, 1.82) is 0 Å². The van der Waals surface area contributed by atoms with Crippen LogP contribution in [-0.4, -0.2) is 23.3 Å². The number of methoxy groups -OCH3 is 1. The van der Waals surface area contributed by atoms with Crippen LogP contribution in [-0.2, 0) is 9.53 Å². The predicted octanol–water partition coefficient (Wildman–Crippen LogP) is 0.803. The van der Waals surface area contributed by atoms with Crippen LogP contribution in [0.1, 0.15) is 11.7 Å². The fraction of sp³-hybridized carbons (Fsp3) is 0.182. The molecule has 2 aromatic rings. The first-order chi connectivity index (χ1) is 7.74. The quantitative estimate of drug-likeness (QED) is 0.753. The molecule has 0 radical (unpaired) electrons. The minimum absolute atomic E-state index is 0.435. The number of nitrogens with two attached hydrogens (primary N) is 1. The van der Waals surface area contributed by atoms with E-state index in [1.165, 1.54) is 7.11 Å². The molecule has 5 heteroatoms. The van der Waals surface area contributed by atoms with Crippen LogP contribution in [0.5, 0.6) is 0 Å². The maximum absolute atomic E-state index is 11.3. The third-order valence-corrected chi connectivity index (χ3v) is 2.35. The summed E-state index contributed by atoms with van der Waals surface area (Å²) in [5.74, 6) is -0.523. The van der Waals surface area contributed by atoms with Gasteiger partial charge in [-0.3, -0.25) is 0 Å². The summed E-state index contributed by atoms with van der Waals surface area (Å²) in [6.45, 7) is 0. The number of carbonyl (C=O) groups excluding carboxylic acids is 1. The SMILES string of the molecule is COC(=O)C(N)c1nncc2ccccc12. The summed E-state index contributed by atoms with van der Waals surface area (Å²) in [7, 11) is 1.29. The second kappa shape index (κ2) is 4.24. The molecule has 0 amide bonds. The first-order valence-electron chi connectivity index (χ1n) is 4.78. The fourth-order valence-corrected chi connectivity index (χ4v) is 1.52. The van der Waals surface area contributed by atoms with Gasteiger partial charge in [0.2, 0.25) is 0 Å². The molecule has 2 N–H and O–H groups in total.